The Labute approximate surface area is 167 Å². The highest BCUT2D eigenvalue weighted by Crippen LogP contribution is 2.21. The van der Waals surface area contributed by atoms with E-state index in [2.05, 4.69) is 43.4 Å². The van der Waals surface area contributed by atoms with E-state index in [-0.39, 0.29) is 11.9 Å². The Morgan fingerprint density at radius 2 is 1.36 bits per heavy atom. The molecule has 28 heavy (non-hydrogen) atoms. The van der Waals surface area contributed by atoms with Crippen molar-refractivity contribution in [2.45, 2.75) is 26.3 Å². The summed E-state index contributed by atoms with van der Waals surface area (Å²) in [5.41, 5.74) is 4.48. The first-order chi connectivity index (χ1) is 13.6. The highest BCUT2D eigenvalue weighted by molar-refractivity contribution is 5.92. The zero-order valence-electron chi connectivity index (χ0n) is 16.5. The van der Waals surface area contributed by atoms with Gasteiger partial charge in [-0.05, 0) is 40.7 Å². The summed E-state index contributed by atoms with van der Waals surface area (Å²) in [7, 11) is 0. The maximum Gasteiger partial charge on any atom is 0.244 e. The van der Waals surface area contributed by atoms with Crippen LogP contribution in [0.2, 0.25) is 0 Å². The molecule has 1 N–H and O–H groups in total. The van der Waals surface area contributed by atoms with Crippen molar-refractivity contribution in [2.24, 2.45) is 5.92 Å². The molecule has 0 aliphatic rings. The Hall–Kier alpha value is -3.13. The van der Waals surface area contributed by atoms with Crippen LogP contribution in [-0.2, 0) is 11.2 Å². The molecule has 142 valence electrons. The lowest BCUT2D eigenvalue weighted by molar-refractivity contribution is -0.116. The summed E-state index contributed by atoms with van der Waals surface area (Å²) in [6, 6.07) is 28.3. The molecule has 0 bridgehead atoms. The summed E-state index contributed by atoms with van der Waals surface area (Å²) in [6.45, 7) is 4.43. The molecule has 2 heteroatoms. The van der Waals surface area contributed by atoms with Crippen LogP contribution in [0.25, 0.3) is 6.08 Å². The summed E-state index contributed by atoms with van der Waals surface area (Å²) >= 11 is 0. The Morgan fingerprint density at radius 1 is 0.821 bits per heavy atom. The molecule has 0 aromatic heterocycles. The molecule has 3 aromatic rings. The third-order valence-corrected chi connectivity index (χ3v) is 4.60. The lowest BCUT2D eigenvalue weighted by atomic mass is 9.98. The van der Waals surface area contributed by atoms with Gasteiger partial charge in [-0.15, -0.1) is 0 Å². The largest absolute Gasteiger partial charge is 0.342 e. The van der Waals surface area contributed by atoms with Crippen molar-refractivity contribution in [1.29, 1.82) is 0 Å². The summed E-state index contributed by atoms with van der Waals surface area (Å²) in [5, 5.41) is 3.13. The number of carbonyl (C=O) groups excluding carboxylic acids is 1. The van der Waals surface area contributed by atoms with Crippen molar-refractivity contribution >= 4 is 12.0 Å². The molecule has 0 atom stereocenters. The third kappa shape index (κ3) is 5.68. The van der Waals surface area contributed by atoms with Gasteiger partial charge in [0.15, 0.2) is 0 Å². The molecular weight excluding hydrogens is 342 g/mol. The van der Waals surface area contributed by atoms with E-state index in [1.165, 1.54) is 5.56 Å². The van der Waals surface area contributed by atoms with E-state index >= 15 is 0 Å². The minimum Gasteiger partial charge on any atom is -0.342 e. The molecule has 0 unspecified atom stereocenters. The summed E-state index contributed by atoms with van der Waals surface area (Å²) in [4.78, 5) is 12.6. The van der Waals surface area contributed by atoms with E-state index in [0.717, 1.165) is 23.1 Å². The van der Waals surface area contributed by atoms with Crippen LogP contribution in [0, 0.1) is 5.92 Å². The van der Waals surface area contributed by atoms with Crippen molar-refractivity contribution in [3.8, 4) is 0 Å². The van der Waals surface area contributed by atoms with Crippen LogP contribution in [0.1, 0.15) is 42.1 Å². The normalized spacial score (nSPS) is 11.3. The van der Waals surface area contributed by atoms with Crippen molar-refractivity contribution in [3.05, 3.63) is 113 Å². The second-order valence-corrected chi connectivity index (χ2v) is 7.44. The molecule has 0 saturated heterocycles. The Morgan fingerprint density at radius 3 is 1.86 bits per heavy atom. The first-order valence-corrected chi connectivity index (χ1v) is 9.79. The third-order valence-electron chi connectivity index (χ3n) is 4.60. The summed E-state index contributed by atoms with van der Waals surface area (Å²) < 4.78 is 0. The molecule has 0 fully saturated rings. The maximum absolute atomic E-state index is 12.6. The van der Waals surface area contributed by atoms with E-state index in [0.29, 0.717) is 5.92 Å². The van der Waals surface area contributed by atoms with Crippen LogP contribution < -0.4 is 5.32 Å². The number of carbonyl (C=O) groups is 1. The number of amides is 1. The molecule has 0 heterocycles. The monoisotopic (exact) mass is 369 g/mol. The van der Waals surface area contributed by atoms with Crippen molar-refractivity contribution in [1.82, 2.24) is 5.32 Å². The van der Waals surface area contributed by atoms with Gasteiger partial charge in [0.05, 0.1) is 6.04 Å². The van der Waals surface area contributed by atoms with Crippen LogP contribution >= 0.6 is 0 Å². The molecule has 0 aliphatic heterocycles. The van der Waals surface area contributed by atoms with Gasteiger partial charge >= 0.3 is 0 Å². The number of hydrogen-bond donors (Lipinski definition) is 1. The van der Waals surface area contributed by atoms with E-state index in [1.54, 1.807) is 6.08 Å². The SMILES string of the molecule is CC(C)Cc1ccc(/C=C\C(=O)NC(c2ccccc2)c2ccccc2)cc1. The standard InChI is InChI=1S/C26H27NO/c1-20(2)19-22-15-13-21(14-16-22)17-18-25(28)27-26(23-9-5-3-6-10-23)24-11-7-4-8-12-24/h3-18,20,26H,19H2,1-2H3,(H,27,28)/b18-17-. The molecule has 2 nitrogen and oxygen atoms in total. The zero-order valence-corrected chi connectivity index (χ0v) is 16.5. The highest BCUT2D eigenvalue weighted by atomic mass is 16.1. The van der Waals surface area contributed by atoms with Gasteiger partial charge in [0.1, 0.15) is 0 Å². The smallest absolute Gasteiger partial charge is 0.244 e. The second-order valence-electron chi connectivity index (χ2n) is 7.44. The van der Waals surface area contributed by atoms with Crippen LogP contribution in [0.4, 0.5) is 0 Å². The average Bonchev–Trinajstić information content (AvgIpc) is 2.72. The predicted octanol–water partition coefficient (Wildman–Crippen LogP) is 5.80. The van der Waals surface area contributed by atoms with Crippen LogP contribution in [-0.4, -0.2) is 5.91 Å². The van der Waals surface area contributed by atoms with E-state index in [4.69, 9.17) is 0 Å². The quantitative estimate of drug-likeness (QED) is 0.524. The number of benzene rings is 3. The number of nitrogens with one attached hydrogen (secondary N) is 1. The van der Waals surface area contributed by atoms with Crippen molar-refractivity contribution in [3.63, 3.8) is 0 Å². The van der Waals surface area contributed by atoms with Gasteiger partial charge in [0.25, 0.3) is 0 Å². The summed E-state index contributed by atoms with van der Waals surface area (Å²) in [5.74, 6) is 0.532. The first-order valence-electron chi connectivity index (χ1n) is 9.79. The van der Waals surface area contributed by atoms with Gasteiger partial charge < -0.3 is 5.32 Å². The van der Waals surface area contributed by atoms with Crippen molar-refractivity contribution < 1.29 is 4.79 Å². The summed E-state index contributed by atoms with van der Waals surface area (Å²) in [6.07, 6.45) is 4.54. The Balaban J connectivity index is 1.71. The van der Waals surface area contributed by atoms with E-state index in [1.807, 2.05) is 66.7 Å². The van der Waals surface area contributed by atoms with Crippen LogP contribution in [0.15, 0.2) is 91.0 Å². The van der Waals surface area contributed by atoms with E-state index in [9.17, 15) is 4.79 Å². The number of hydrogen-bond acceptors (Lipinski definition) is 1. The van der Waals surface area contributed by atoms with Gasteiger partial charge in [-0.3, -0.25) is 4.79 Å². The lowest BCUT2D eigenvalue weighted by Crippen LogP contribution is -2.27. The predicted molar refractivity (Wildman–Crippen MR) is 117 cm³/mol. The van der Waals surface area contributed by atoms with Gasteiger partial charge in [-0.25, -0.2) is 0 Å². The zero-order chi connectivity index (χ0) is 19.8. The van der Waals surface area contributed by atoms with Crippen LogP contribution in [0.5, 0.6) is 0 Å². The number of rotatable bonds is 7. The van der Waals surface area contributed by atoms with Gasteiger partial charge in [-0.2, -0.15) is 0 Å². The first kappa shape index (κ1) is 19.6. The molecule has 0 aliphatic carbocycles. The molecule has 3 aromatic carbocycles. The molecule has 0 spiro atoms. The van der Waals surface area contributed by atoms with Gasteiger partial charge in [0, 0.05) is 6.08 Å². The molecule has 0 radical (unpaired) electrons. The fraction of sp³-hybridized carbons (Fsp3) is 0.192. The molecular formula is C26H27NO. The second kappa shape index (κ2) is 9.70. The van der Waals surface area contributed by atoms with Gasteiger partial charge in [0.2, 0.25) is 5.91 Å². The lowest BCUT2D eigenvalue weighted by Gasteiger charge is -2.19. The minimum absolute atomic E-state index is 0.107. The molecule has 1 amide bonds. The van der Waals surface area contributed by atoms with E-state index < -0.39 is 0 Å². The molecule has 3 rings (SSSR count). The maximum atomic E-state index is 12.6. The Kier molecular flexibility index (Phi) is 6.80. The fourth-order valence-electron chi connectivity index (χ4n) is 3.25. The van der Waals surface area contributed by atoms with Gasteiger partial charge in [-0.1, -0.05) is 98.8 Å². The fourth-order valence-corrected chi connectivity index (χ4v) is 3.25. The Bertz CT molecular complexity index is 857. The minimum atomic E-state index is -0.173. The average molecular weight is 370 g/mol. The topological polar surface area (TPSA) is 29.1 Å². The van der Waals surface area contributed by atoms with Crippen LogP contribution in [0.3, 0.4) is 0 Å². The van der Waals surface area contributed by atoms with Crippen molar-refractivity contribution in [2.75, 3.05) is 0 Å². The molecule has 0 saturated carbocycles. The highest BCUT2D eigenvalue weighted by Gasteiger charge is 2.15.